The first-order chi connectivity index (χ1) is 20.7. The largest absolute Gasteiger partial charge is 0.512 e. The van der Waals surface area contributed by atoms with Crippen molar-refractivity contribution in [2.45, 2.75) is 107 Å². The van der Waals surface area contributed by atoms with Crippen LogP contribution in [0.1, 0.15) is 102 Å². The topological polar surface area (TPSA) is 63.3 Å². The van der Waals surface area contributed by atoms with Crippen molar-refractivity contribution in [2.75, 3.05) is 0 Å². The standard InChI is InChI=1S/C27H28NO.C13H24O2.Ir/c1-16-8-17(2)10-20(9-16)23-14-24-21(15-28-23)13-25(29-24)26-18(3)11-22(12-19(26)4)27(5,6)7;1-5-10(6-2)12(14)9-13(15)11(7-3)8-4;/h8-9,11-15H,1-7H3;9-11,14H,5-8H2,1-4H3;/q-1;;/b;12-9-;. The molecular weight excluding hydrogens is 735 g/mol. The molecule has 1 radical (unpaired) electrons. The molecule has 0 fully saturated rings. The van der Waals surface area contributed by atoms with Crippen LogP contribution in [0, 0.1) is 45.6 Å². The molecule has 45 heavy (non-hydrogen) atoms. The summed E-state index contributed by atoms with van der Waals surface area (Å²) in [5.41, 5.74) is 10.2. The van der Waals surface area contributed by atoms with Gasteiger partial charge < -0.3 is 14.5 Å². The molecule has 4 aromatic rings. The van der Waals surface area contributed by atoms with Gasteiger partial charge in [0.2, 0.25) is 0 Å². The SMILES string of the molecule is CCC(CC)C(=O)/C=C(\O)C(CC)CC.Cc1[c-]c(-c2cc3oc(-c4c(C)cc(C(C)(C)C)cc4C)cc3cn2)cc(C)c1.[Ir]. The number of hydrogen-bond acceptors (Lipinski definition) is 4. The van der Waals surface area contributed by atoms with E-state index in [2.05, 4.69) is 89.8 Å². The van der Waals surface area contributed by atoms with Crippen LogP contribution in [-0.2, 0) is 30.3 Å². The van der Waals surface area contributed by atoms with Crippen molar-refractivity contribution in [1.29, 1.82) is 0 Å². The van der Waals surface area contributed by atoms with Gasteiger partial charge in [-0.3, -0.25) is 4.79 Å². The van der Waals surface area contributed by atoms with Gasteiger partial charge in [-0.15, -0.1) is 34.9 Å². The van der Waals surface area contributed by atoms with Crippen LogP contribution >= 0.6 is 0 Å². The number of allylic oxidation sites excluding steroid dienone is 2. The number of carbonyl (C=O) groups excluding carboxylic acids is 1. The summed E-state index contributed by atoms with van der Waals surface area (Å²) in [5.74, 6) is 1.45. The monoisotopic (exact) mass is 787 g/mol. The van der Waals surface area contributed by atoms with Crippen LogP contribution in [0.3, 0.4) is 0 Å². The molecule has 5 heteroatoms. The number of hydrogen-bond donors (Lipinski definition) is 1. The van der Waals surface area contributed by atoms with E-state index in [0.717, 1.165) is 59.2 Å². The Bertz CT molecular complexity index is 1570. The van der Waals surface area contributed by atoms with Crippen LogP contribution < -0.4 is 0 Å². The van der Waals surface area contributed by atoms with Crippen molar-refractivity contribution < 1.29 is 34.4 Å². The number of ketones is 1. The molecule has 2 aromatic heterocycles. The fraction of sp³-hybridized carbons (Fsp3) is 0.450. The molecule has 0 atom stereocenters. The summed E-state index contributed by atoms with van der Waals surface area (Å²) in [6, 6.07) is 16.3. The summed E-state index contributed by atoms with van der Waals surface area (Å²) in [6.07, 6.45) is 6.81. The van der Waals surface area contributed by atoms with Gasteiger partial charge >= 0.3 is 0 Å². The number of nitrogens with zero attached hydrogens (tertiary/aromatic N) is 1. The molecule has 4 rings (SSSR count). The minimum atomic E-state index is 0. The second-order valence-electron chi connectivity index (χ2n) is 13.2. The third kappa shape index (κ3) is 9.74. The first kappa shape index (κ1) is 38.2. The molecule has 0 unspecified atom stereocenters. The Morgan fingerprint density at radius 3 is 1.98 bits per heavy atom. The Labute approximate surface area is 285 Å². The summed E-state index contributed by atoms with van der Waals surface area (Å²) in [6.45, 7) is 23.3. The molecular formula is C40H52IrNO3-. The number of benzene rings is 2. The van der Waals surface area contributed by atoms with Gasteiger partial charge in [0, 0.05) is 55.2 Å². The van der Waals surface area contributed by atoms with E-state index < -0.39 is 0 Å². The van der Waals surface area contributed by atoms with Gasteiger partial charge in [0.15, 0.2) is 5.78 Å². The van der Waals surface area contributed by atoms with Gasteiger partial charge in [-0.25, -0.2) is 0 Å². The van der Waals surface area contributed by atoms with Crippen molar-refractivity contribution in [2.24, 2.45) is 11.8 Å². The summed E-state index contributed by atoms with van der Waals surface area (Å²) in [5, 5.41) is 10.8. The molecule has 4 nitrogen and oxygen atoms in total. The predicted octanol–water partition coefficient (Wildman–Crippen LogP) is 11.4. The average molecular weight is 787 g/mol. The fourth-order valence-electron chi connectivity index (χ4n) is 5.80. The number of rotatable bonds is 9. The van der Waals surface area contributed by atoms with Gasteiger partial charge in [-0.05, 0) is 79.5 Å². The molecule has 0 saturated heterocycles. The zero-order valence-electron chi connectivity index (χ0n) is 29.1. The molecule has 0 aliphatic rings. The van der Waals surface area contributed by atoms with Crippen LogP contribution in [0.4, 0.5) is 0 Å². The predicted molar refractivity (Wildman–Crippen MR) is 185 cm³/mol. The maximum absolute atomic E-state index is 11.7. The zero-order chi connectivity index (χ0) is 32.8. The number of pyridine rings is 1. The van der Waals surface area contributed by atoms with E-state index in [4.69, 9.17) is 4.42 Å². The number of furan rings is 1. The summed E-state index contributed by atoms with van der Waals surface area (Å²) in [7, 11) is 0. The van der Waals surface area contributed by atoms with E-state index >= 15 is 0 Å². The third-order valence-corrected chi connectivity index (χ3v) is 8.55. The molecule has 0 spiro atoms. The zero-order valence-corrected chi connectivity index (χ0v) is 31.5. The Morgan fingerprint density at radius 2 is 1.47 bits per heavy atom. The van der Waals surface area contributed by atoms with E-state index in [-0.39, 0.29) is 48.9 Å². The van der Waals surface area contributed by atoms with Crippen LogP contribution in [0.2, 0.25) is 0 Å². The Hall–Kier alpha value is -3.01. The van der Waals surface area contributed by atoms with Crippen LogP contribution in [0.15, 0.2) is 58.8 Å². The van der Waals surface area contributed by atoms with Crippen molar-refractivity contribution >= 4 is 16.8 Å². The van der Waals surface area contributed by atoms with Crippen LogP contribution in [0.25, 0.3) is 33.6 Å². The molecule has 1 N–H and O–H groups in total. The van der Waals surface area contributed by atoms with E-state index in [1.807, 2.05) is 40.0 Å². The Kier molecular flexibility index (Phi) is 14.0. The van der Waals surface area contributed by atoms with Crippen LogP contribution in [0.5, 0.6) is 0 Å². The summed E-state index contributed by atoms with van der Waals surface area (Å²) in [4.78, 5) is 16.4. The van der Waals surface area contributed by atoms with Crippen LogP contribution in [-0.4, -0.2) is 15.9 Å². The van der Waals surface area contributed by atoms with Crippen molar-refractivity contribution in [3.05, 3.63) is 88.3 Å². The van der Waals surface area contributed by atoms with Crippen molar-refractivity contribution in [3.8, 4) is 22.6 Å². The molecule has 0 aliphatic heterocycles. The number of aliphatic hydroxyl groups is 1. The average Bonchev–Trinajstić information content (AvgIpc) is 3.36. The normalized spacial score (nSPS) is 11.9. The quantitative estimate of drug-likeness (QED) is 0.104. The van der Waals surface area contributed by atoms with Gasteiger partial charge in [-0.2, -0.15) is 0 Å². The first-order valence-electron chi connectivity index (χ1n) is 16.2. The molecule has 2 heterocycles. The number of carbonyl (C=O) groups is 1. The van der Waals surface area contributed by atoms with Crippen molar-refractivity contribution in [3.63, 3.8) is 0 Å². The molecule has 0 saturated carbocycles. The minimum Gasteiger partial charge on any atom is -0.512 e. The number of fused-ring (bicyclic) bond motifs is 1. The van der Waals surface area contributed by atoms with Crippen molar-refractivity contribution in [1.82, 2.24) is 4.98 Å². The Balaban J connectivity index is 0.000000378. The smallest absolute Gasteiger partial charge is 0.162 e. The van der Waals surface area contributed by atoms with E-state index in [0.29, 0.717) is 0 Å². The first-order valence-corrected chi connectivity index (χ1v) is 16.2. The van der Waals surface area contributed by atoms with E-state index in [9.17, 15) is 9.90 Å². The van der Waals surface area contributed by atoms with Gasteiger partial charge in [0.25, 0.3) is 0 Å². The minimum absolute atomic E-state index is 0. The number of aliphatic hydroxyl groups excluding tert-OH is 1. The second-order valence-corrected chi connectivity index (χ2v) is 13.2. The summed E-state index contributed by atoms with van der Waals surface area (Å²) < 4.78 is 6.31. The molecule has 0 bridgehead atoms. The van der Waals surface area contributed by atoms with E-state index in [1.54, 1.807) is 0 Å². The van der Waals surface area contributed by atoms with Gasteiger partial charge in [0.1, 0.15) is 11.3 Å². The second kappa shape index (κ2) is 16.5. The maximum atomic E-state index is 11.7. The summed E-state index contributed by atoms with van der Waals surface area (Å²) >= 11 is 0. The molecule has 245 valence electrons. The van der Waals surface area contributed by atoms with Gasteiger partial charge in [0.05, 0.1) is 5.76 Å². The molecule has 0 aliphatic carbocycles. The Morgan fingerprint density at radius 1 is 0.889 bits per heavy atom. The van der Waals surface area contributed by atoms with E-state index in [1.165, 1.54) is 33.9 Å². The molecule has 0 amide bonds. The maximum Gasteiger partial charge on any atom is 0.162 e. The number of aromatic nitrogens is 1. The third-order valence-electron chi connectivity index (χ3n) is 8.55. The fourth-order valence-corrected chi connectivity index (χ4v) is 5.80. The molecule has 2 aromatic carbocycles. The van der Waals surface area contributed by atoms with Gasteiger partial charge in [-0.1, -0.05) is 74.4 Å². The number of aryl methyl sites for hydroxylation is 4.